The van der Waals surface area contributed by atoms with Crippen LogP contribution in [-0.2, 0) is 31.1 Å². The van der Waals surface area contributed by atoms with Gasteiger partial charge in [-0.3, -0.25) is 9.52 Å². The smallest absolute Gasteiger partial charge is 0.261 e. The summed E-state index contributed by atoms with van der Waals surface area (Å²) < 4.78 is 29.1. The quantitative estimate of drug-likeness (QED) is 0.519. The van der Waals surface area contributed by atoms with E-state index in [0.717, 1.165) is 24.0 Å². The number of sulfonamides is 1. The molecule has 4 nitrogen and oxygen atoms in total. The fourth-order valence-electron chi connectivity index (χ4n) is 5.17. The maximum absolute atomic E-state index is 13.2. The minimum Gasteiger partial charge on any atom is -0.299 e. The molecule has 0 bridgehead atoms. The SMILES string of the molecule is CCC(CC)(C(C)=O)c1ccc(NS(=O)(=O)c2ccc3c(c2)C(C)(C)CCC3(C)C)cc1. The van der Waals surface area contributed by atoms with E-state index in [1.165, 1.54) is 5.56 Å². The summed E-state index contributed by atoms with van der Waals surface area (Å²) in [4.78, 5) is 12.6. The van der Waals surface area contributed by atoms with Gasteiger partial charge in [0.05, 0.1) is 10.3 Å². The summed E-state index contributed by atoms with van der Waals surface area (Å²) in [5.74, 6) is 0.135. The Hall–Kier alpha value is -2.14. The topological polar surface area (TPSA) is 63.2 Å². The first kappa shape index (κ1) is 24.5. The first-order valence-electron chi connectivity index (χ1n) is 11.6. The van der Waals surface area contributed by atoms with Gasteiger partial charge in [0, 0.05) is 5.69 Å². The molecule has 0 amide bonds. The molecule has 0 atom stereocenters. The average Bonchev–Trinajstić information content (AvgIpc) is 2.73. The van der Waals surface area contributed by atoms with Crippen LogP contribution >= 0.6 is 0 Å². The highest BCUT2D eigenvalue weighted by Gasteiger charge is 2.38. The van der Waals surface area contributed by atoms with E-state index in [0.29, 0.717) is 18.5 Å². The molecule has 0 radical (unpaired) electrons. The van der Waals surface area contributed by atoms with Gasteiger partial charge in [-0.15, -0.1) is 0 Å². The summed E-state index contributed by atoms with van der Waals surface area (Å²) in [7, 11) is -3.73. The molecular formula is C27H37NO3S. The van der Waals surface area contributed by atoms with Crippen LogP contribution in [0.1, 0.15) is 90.8 Å². The van der Waals surface area contributed by atoms with Gasteiger partial charge in [0.25, 0.3) is 10.0 Å². The summed E-state index contributed by atoms with van der Waals surface area (Å²) in [6.07, 6.45) is 3.54. The summed E-state index contributed by atoms with van der Waals surface area (Å²) in [5, 5.41) is 0. The van der Waals surface area contributed by atoms with Gasteiger partial charge in [-0.05, 0) is 84.4 Å². The second-order valence-electron chi connectivity index (χ2n) is 10.5. The Morgan fingerprint density at radius 3 is 1.94 bits per heavy atom. The Bertz CT molecular complexity index is 1110. The van der Waals surface area contributed by atoms with Gasteiger partial charge in [0.2, 0.25) is 0 Å². The standard InChI is InChI=1S/C27H37NO3S/c1-8-27(9-2,19(3)29)20-10-12-21(13-11-20)28-32(30,31)22-14-15-23-24(18-22)26(6,7)17-16-25(23,4)5/h10-15,18,28H,8-9,16-17H2,1-7H3. The van der Waals surface area contributed by atoms with Crippen LogP contribution in [0, 0.1) is 0 Å². The predicted octanol–water partition coefficient (Wildman–Crippen LogP) is 6.48. The number of anilines is 1. The van der Waals surface area contributed by atoms with Crippen LogP contribution < -0.4 is 4.72 Å². The van der Waals surface area contributed by atoms with Crippen LogP contribution in [0.5, 0.6) is 0 Å². The van der Waals surface area contributed by atoms with Gasteiger partial charge in [0.1, 0.15) is 5.78 Å². The van der Waals surface area contributed by atoms with Crippen molar-refractivity contribution in [3.8, 4) is 0 Å². The number of ketones is 1. The molecule has 1 N–H and O–H groups in total. The van der Waals surface area contributed by atoms with Crippen molar-refractivity contribution in [3.63, 3.8) is 0 Å². The molecule has 0 aromatic heterocycles. The van der Waals surface area contributed by atoms with Gasteiger partial charge in [0.15, 0.2) is 0 Å². The van der Waals surface area contributed by atoms with Gasteiger partial charge < -0.3 is 0 Å². The van der Waals surface area contributed by atoms with Crippen LogP contribution in [0.3, 0.4) is 0 Å². The van der Waals surface area contributed by atoms with Crippen LogP contribution in [-0.4, -0.2) is 14.2 Å². The largest absolute Gasteiger partial charge is 0.299 e. The molecule has 2 aromatic carbocycles. The molecule has 5 heteroatoms. The van der Waals surface area contributed by atoms with E-state index in [9.17, 15) is 13.2 Å². The van der Waals surface area contributed by atoms with E-state index in [-0.39, 0.29) is 21.5 Å². The lowest BCUT2D eigenvalue weighted by atomic mass is 9.63. The summed E-state index contributed by atoms with van der Waals surface area (Å²) in [6, 6.07) is 12.8. The number of hydrogen-bond acceptors (Lipinski definition) is 3. The fourth-order valence-corrected chi connectivity index (χ4v) is 6.25. The molecule has 0 unspecified atom stereocenters. The Morgan fingerprint density at radius 1 is 0.906 bits per heavy atom. The molecule has 0 heterocycles. The van der Waals surface area contributed by atoms with Crippen LogP contribution in [0.15, 0.2) is 47.4 Å². The number of hydrogen-bond donors (Lipinski definition) is 1. The van der Waals surface area contributed by atoms with Crippen molar-refractivity contribution in [2.75, 3.05) is 4.72 Å². The Labute approximate surface area is 193 Å². The highest BCUT2D eigenvalue weighted by molar-refractivity contribution is 7.92. The maximum atomic E-state index is 13.2. The van der Waals surface area contributed by atoms with Gasteiger partial charge >= 0.3 is 0 Å². The number of carbonyl (C=O) groups excluding carboxylic acids is 1. The van der Waals surface area contributed by atoms with E-state index >= 15 is 0 Å². The predicted molar refractivity (Wildman–Crippen MR) is 132 cm³/mol. The van der Waals surface area contributed by atoms with Gasteiger partial charge in [-0.25, -0.2) is 8.42 Å². The molecule has 1 aliphatic rings. The maximum Gasteiger partial charge on any atom is 0.261 e. The van der Waals surface area contributed by atoms with Crippen LogP contribution in [0.4, 0.5) is 5.69 Å². The molecule has 0 fully saturated rings. The van der Waals surface area contributed by atoms with Crippen molar-refractivity contribution < 1.29 is 13.2 Å². The first-order chi connectivity index (χ1) is 14.8. The molecule has 174 valence electrons. The van der Waals surface area contributed by atoms with Crippen molar-refractivity contribution in [2.45, 2.75) is 95.3 Å². The summed E-state index contributed by atoms with van der Waals surface area (Å²) in [5.41, 5.74) is 3.23. The first-order valence-corrected chi connectivity index (χ1v) is 13.1. The third-order valence-corrected chi connectivity index (χ3v) is 9.08. The molecular weight excluding hydrogens is 418 g/mol. The van der Waals surface area contributed by atoms with E-state index in [1.54, 1.807) is 25.1 Å². The van der Waals surface area contributed by atoms with E-state index in [2.05, 4.69) is 32.4 Å². The van der Waals surface area contributed by atoms with Crippen LogP contribution in [0.25, 0.3) is 0 Å². The van der Waals surface area contributed by atoms with E-state index < -0.39 is 15.4 Å². The van der Waals surface area contributed by atoms with Crippen molar-refractivity contribution in [3.05, 3.63) is 59.2 Å². The zero-order chi connectivity index (χ0) is 23.9. The third kappa shape index (κ3) is 4.24. The van der Waals surface area contributed by atoms with E-state index in [4.69, 9.17) is 0 Å². The normalized spacial score (nSPS) is 17.5. The van der Waals surface area contributed by atoms with Crippen LogP contribution in [0.2, 0.25) is 0 Å². The zero-order valence-electron chi connectivity index (χ0n) is 20.5. The fraction of sp³-hybridized carbons (Fsp3) is 0.519. The number of benzene rings is 2. The summed E-state index contributed by atoms with van der Waals surface area (Å²) in [6.45, 7) is 14.5. The molecule has 0 spiro atoms. The van der Waals surface area contributed by atoms with Crippen molar-refractivity contribution >= 4 is 21.5 Å². The lowest BCUT2D eigenvalue weighted by Gasteiger charge is -2.42. The van der Waals surface area contributed by atoms with Crippen molar-refractivity contribution in [1.82, 2.24) is 0 Å². The van der Waals surface area contributed by atoms with Crippen molar-refractivity contribution in [2.24, 2.45) is 0 Å². The number of carbonyl (C=O) groups is 1. The third-order valence-electron chi connectivity index (χ3n) is 7.71. The Balaban J connectivity index is 1.93. The number of fused-ring (bicyclic) bond motifs is 1. The number of rotatable bonds is 7. The zero-order valence-corrected chi connectivity index (χ0v) is 21.3. The van der Waals surface area contributed by atoms with Crippen molar-refractivity contribution in [1.29, 1.82) is 0 Å². The molecule has 1 aliphatic carbocycles. The number of Topliss-reactive ketones (excluding diaryl/α,β-unsaturated/α-hetero) is 1. The highest BCUT2D eigenvalue weighted by atomic mass is 32.2. The highest BCUT2D eigenvalue weighted by Crippen LogP contribution is 2.46. The molecule has 3 rings (SSSR count). The second kappa shape index (κ2) is 8.33. The lowest BCUT2D eigenvalue weighted by Crippen LogP contribution is -2.34. The molecule has 0 aliphatic heterocycles. The Morgan fingerprint density at radius 2 is 1.44 bits per heavy atom. The average molecular weight is 456 g/mol. The van der Waals surface area contributed by atoms with E-state index in [1.807, 2.05) is 38.1 Å². The minimum absolute atomic E-state index is 0.0399. The Kier molecular flexibility index (Phi) is 6.38. The molecule has 0 saturated heterocycles. The second-order valence-corrected chi connectivity index (χ2v) is 12.2. The summed E-state index contributed by atoms with van der Waals surface area (Å²) >= 11 is 0. The van der Waals surface area contributed by atoms with Gasteiger partial charge in [-0.1, -0.05) is 59.7 Å². The molecule has 0 saturated carbocycles. The number of nitrogens with one attached hydrogen (secondary N) is 1. The van der Waals surface area contributed by atoms with Gasteiger partial charge in [-0.2, -0.15) is 0 Å². The molecule has 2 aromatic rings. The molecule has 32 heavy (non-hydrogen) atoms. The lowest BCUT2D eigenvalue weighted by molar-refractivity contribution is -0.122. The minimum atomic E-state index is -3.73. The monoisotopic (exact) mass is 455 g/mol.